The van der Waals surface area contributed by atoms with Gasteiger partial charge in [0, 0.05) is 49.9 Å². The summed E-state index contributed by atoms with van der Waals surface area (Å²) >= 11 is 0. The van der Waals surface area contributed by atoms with E-state index in [1.165, 1.54) is 24.3 Å². The minimum atomic E-state index is -4.66. The smallest absolute Gasteiger partial charge is 0.335 e. The molecule has 6 atom stereocenters. The third kappa shape index (κ3) is 13.1. The molecule has 290 valence electrons. The van der Waals surface area contributed by atoms with Crippen molar-refractivity contribution in [2.75, 3.05) is 32.1 Å². The number of hydrogen-bond donors (Lipinski definition) is 7. The molecule has 0 aromatic heterocycles. The fourth-order valence-electron chi connectivity index (χ4n) is 5.10. The molecule has 1 fully saturated rings. The number of carbonyl (C=O) groups excluding carboxylic acids is 4. The molecule has 2 heterocycles. The van der Waals surface area contributed by atoms with Gasteiger partial charge < -0.3 is 50.0 Å². The third-order valence-electron chi connectivity index (χ3n) is 7.80. The lowest BCUT2D eigenvalue weighted by atomic mass is 9.99. The first-order chi connectivity index (χ1) is 24.6. The van der Waals surface area contributed by atoms with Crippen molar-refractivity contribution in [3.63, 3.8) is 0 Å². The van der Waals surface area contributed by atoms with E-state index in [2.05, 4.69) is 10.6 Å². The zero-order valence-electron chi connectivity index (χ0n) is 28.4. The number of hydrogen-bond acceptors (Lipinski definition) is 14. The van der Waals surface area contributed by atoms with E-state index in [1.807, 2.05) is 6.92 Å². The van der Waals surface area contributed by atoms with Crippen LogP contribution in [-0.2, 0) is 50.2 Å². The highest BCUT2D eigenvalue weighted by molar-refractivity contribution is 7.85. The molecule has 2 aliphatic heterocycles. The number of nitrogens with one attached hydrogen (secondary N) is 2. The summed E-state index contributed by atoms with van der Waals surface area (Å²) in [5, 5.41) is 44.4. The second-order valence-electron chi connectivity index (χ2n) is 12.0. The van der Waals surface area contributed by atoms with Crippen LogP contribution in [0.3, 0.4) is 0 Å². The van der Waals surface area contributed by atoms with Crippen LogP contribution in [0.4, 0.5) is 0 Å². The number of amides is 4. The maximum absolute atomic E-state index is 12.8. The van der Waals surface area contributed by atoms with Crippen molar-refractivity contribution in [3.8, 4) is 11.5 Å². The molecule has 2 aliphatic rings. The van der Waals surface area contributed by atoms with Crippen LogP contribution in [0.1, 0.15) is 51.0 Å². The Bertz CT molecular complexity index is 1540. The maximum atomic E-state index is 12.8. The highest BCUT2D eigenvalue weighted by Crippen LogP contribution is 2.30. The Balaban J connectivity index is 1.52. The first-order valence-electron chi connectivity index (χ1n) is 16.6. The van der Waals surface area contributed by atoms with Crippen LogP contribution < -0.4 is 20.1 Å². The molecular weight excluding hydrogens is 714 g/mol. The molecule has 0 aliphatic carbocycles. The summed E-state index contributed by atoms with van der Waals surface area (Å²) in [5.41, 5.74) is 0.583. The SMILES string of the molecule is CCCOCc1ccc(O[C@@H]2O[C@H](C(=O)O)[C@@H](O)[C@H](O)[C@H]2O)cc1OCCCNC(=O)[C@H](CS(=O)(=O)O)NC(=O)CCCCCN1C(=O)C=CC1=O. The zero-order valence-corrected chi connectivity index (χ0v) is 29.2. The summed E-state index contributed by atoms with van der Waals surface area (Å²) < 4.78 is 54.7. The lowest BCUT2D eigenvalue weighted by Gasteiger charge is -2.38. The number of rotatable bonds is 22. The fourth-order valence-corrected chi connectivity index (χ4v) is 5.76. The standard InChI is InChI=1S/C32H45N3O16S/c1-2-14-48-17-19-8-9-20(50-32-28(41)26(39)27(40)29(51-32)31(43)44)16-22(19)49-15-6-12-33-30(42)21(18-52(45,46)47)34-23(36)7-4-3-5-13-35-24(37)10-11-25(35)38/h8-11,16,21,26-29,32,39-41H,2-7,12-15,17-18H2,1H3,(H,33,42)(H,34,36)(H,43,44)(H,45,46,47)/t21-,26-,27-,28+,29-,32+/m0/s1. The van der Waals surface area contributed by atoms with Gasteiger partial charge in [-0.05, 0) is 37.8 Å². The molecule has 0 spiro atoms. The van der Waals surface area contributed by atoms with E-state index in [1.54, 1.807) is 6.07 Å². The van der Waals surface area contributed by atoms with Gasteiger partial charge in [0.05, 0.1) is 13.2 Å². The molecule has 0 radical (unpaired) electrons. The zero-order chi connectivity index (χ0) is 38.4. The number of aliphatic carboxylic acids is 1. The molecule has 1 aromatic rings. The van der Waals surface area contributed by atoms with Gasteiger partial charge in [0.1, 0.15) is 41.6 Å². The van der Waals surface area contributed by atoms with Crippen molar-refractivity contribution in [1.82, 2.24) is 15.5 Å². The van der Waals surface area contributed by atoms with E-state index in [4.69, 9.17) is 18.9 Å². The van der Waals surface area contributed by atoms with E-state index in [0.29, 0.717) is 31.4 Å². The largest absolute Gasteiger partial charge is 0.493 e. The van der Waals surface area contributed by atoms with E-state index < -0.39 is 82.2 Å². The van der Waals surface area contributed by atoms with Gasteiger partial charge in [-0.15, -0.1) is 0 Å². The molecule has 1 aromatic carbocycles. The Morgan fingerprint density at radius 1 is 0.981 bits per heavy atom. The second-order valence-corrected chi connectivity index (χ2v) is 13.5. The predicted molar refractivity (Wildman–Crippen MR) is 177 cm³/mol. The highest BCUT2D eigenvalue weighted by atomic mass is 32.2. The summed E-state index contributed by atoms with van der Waals surface area (Å²) in [6.45, 7) is 2.66. The van der Waals surface area contributed by atoms with Crippen LogP contribution in [0.2, 0.25) is 0 Å². The van der Waals surface area contributed by atoms with Crippen molar-refractivity contribution < 1.29 is 76.3 Å². The molecule has 4 amide bonds. The first-order valence-corrected chi connectivity index (χ1v) is 18.2. The van der Waals surface area contributed by atoms with Gasteiger partial charge in [-0.3, -0.25) is 28.6 Å². The van der Waals surface area contributed by atoms with Gasteiger partial charge in [0.2, 0.25) is 18.1 Å². The lowest BCUT2D eigenvalue weighted by molar-refractivity contribution is -0.271. The number of carboxylic acid groups (broad SMARTS) is 1. The maximum Gasteiger partial charge on any atom is 0.335 e. The van der Waals surface area contributed by atoms with E-state index in [9.17, 15) is 57.4 Å². The molecule has 0 unspecified atom stereocenters. The monoisotopic (exact) mass is 759 g/mol. The van der Waals surface area contributed by atoms with Gasteiger partial charge in [-0.2, -0.15) is 8.42 Å². The van der Waals surface area contributed by atoms with Crippen molar-refractivity contribution in [2.24, 2.45) is 0 Å². The summed E-state index contributed by atoms with van der Waals surface area (Å²) in [6.07, 6.45) is -4.64. The number of benzene rings is 1. The number of nitrogens with zero attached hydrogens (tertiary/aromatic N) is 1. The molecule has 0 bridgehead atoms. The summed E-state index contributed by atoms with van der Waals surface area (Å²) in [4.78, 5) is 61.0. The summed E-state index contributed by atoms with van der Waals surface area (Å²) in [6, 6.07) is 2.88. The quantitative estimate of drug-likeness (QED) is 0.0408. The molecule has 52 heavy (non-hydrogen) atoms. The van der Waals surface area contributed by atoms with Crippen molar-refractivity contribution in [1.29, 1.82) is 0 Å². The normalized spacial score (nSPS) is 22.2. The van der Waals surface area contributed by atoms with Crippen molar-refractivity contribution in [2.45, 2.75) is 88.8 Å². The predicted octanol–water partition coefficient (Wildman–Crippen LogP) is -1.37. The van der Waals surface area contributed by atoms with Crippen LogP contribution in [0.25, 0.3) is 0 Å². The Kier molecular flexibility index (Phi) is 16.4. The van der Waals surface area contributed by atoms with E-state index in [0.717, 1.165) is 11.3 Å². The Hall–Kier alpha value is -4.18. The lowest BCUT2D eigenvalue weighted by Crippen LogP contribution is -2.61. The molecular formula is C32H45N3O16S. The Labute approximate surface area is 299 Å². The number of aliphatic hydroxyl groups is 3. The number of aliphatic hydroxyl groups excluding tert-OH is 3. The third-order valence-corrected chi connectivity index (χ3v) is 8.56. The molecule has 0 saturated carbocycles. The highest BCUT2D eigenvalue weighted by Gasteiger charge is 2.48. The Morgan fingerprint density at radius 3 is 2.35 bits per heavy atom. The van der Waals surface area contributed by atoms with Crippen molar-refractivity contribution >= 4 is 39.7 Å². The van der Waals surface area contributed by atoms with Gasteiger partial charge in [0.25, 0.3) is 21.9 Å². The number of unbranched alkanes of at least 4 members (excludes halogenated alkanes) is 2. The van der Waals surface area contributed by atoms with Gasteiger partial charge >= 0.3 is 5.97 Å². The van der Waals surface area contributed by atoms with Crippen LogP contribution >= 0.6 is 0 Å². The number of ether oxygens (including phenoxy) is 4. The fraction of sp³-hybridized carbons (Fsp3) is 0.594. The Morgan fingerprint density at radius 2 is 1.69 bits per heavy atom. The minimum Gasteiger partial charge on any atom is -0.493 e. The average Bonchev–Trinajstić information content (AvgIpc) is 3.40. The van der Waals surface area contributed by atoms with Crippen LogP contribution in [0.15, 0.2) is 30.4 Å². The van der Waals surface area contributed by atoms with Crippen LogP contribution in [0.5, 0.6) is 11.5 Å². The van der Waals surface area contributed by atoms with Crippen LogP contribution in [-0.4, -0.2) is 137 Å². The van der Waals surface area contributed by atoms with Crippen molar-refractivity contribution in [3.05, 3.63) is 35.9 Å². The topological polar surface area (TPSA) is 285 Å². The second kappa shape index (κ2) is 20.2. The van der Waals surface area contributed by atoms with Gasteiger partial charge in [-0.25, -0.2) is 4.79 Å². The van der Waals surface area contributed by atoms with E-state index >= 15 is 0 Å². The minimum absolute atomic E-state index is 0.000924. The number of imide groups is 1. The van der Waals surface area contributed by atoms with Crippen LogP contribution in [0, 0.1) is 0 Å². The molecule has 3 rings (SSSR count). The molecule has 19 nitrogen and oxygen atoms in total. The first kappa shape index (κ1) is 42.2. The summed E-state index contributed by atoms with van der Waals surface area (Å²) in [5.74, 6) is -4.66. The number of carbonyl (C=O) groups is 5. The average molecular weight is 760 g/mol. The molecule has 7 N–H and O–H groups in total. The van der Waals surface area contributed by atoms with E-state index in [-0.39, 0.29) is 50.6 Å². The molecule has 1 saturated heterocycles. The number of carboxylic acids is 1. The molecule has 20 heteroatoms. The van der Waals surface area contributed by atoms with Gasteiger partial charge in [0.15, 0.2) is 6.10 Å². The summed E-state index contributed by atoms with van der Waals surface area (Å²) in [7, 11) is -4.66. The van der Waals surface area contributed by atoms with Gasteiger partial charge in [-0.1, -0.05) is 13.3 Å².